The molecule has 1 aliphatic rings. The highest BCUT2D eigenvalue weighted by Gasteiger charge is 2.23. The second kappa shape index (κ2) is 7.11. The van der Waals surface area contributed by atoms with Gasteiger partial charge < -0.3 is 15.8 Å². The second-order valence-electron chi connectivity index (χ2n) is 5.60. The monoisotopic (exact) mass is 290 g/mol. The zero-order valence-electron chi connectivity index (χ0n) is 12.3. The number of nitrogens with one attached hydrogen (secondary N) is 1. The lowest BCUT2D eigenvalue weighted by atomic mass is 9.86. The summed E-state index contributed by atoms with van der Waals surface area (Å²) in [7, 11) is 0. The van der Waals surface area contributed by atoms with E-state index in [0.29, 0.717) is 11.6 Å². The van der Waals surface area contributed by atoms with Gasteiger partial charge >= 0.3 is 5.97 Å². The number of carbonyl (C=O) groups excluding carboxylic acids is 2. The van der Waals surface area contributed by atoms with E-state index < -0.39 is 5.97 Å². The van der Waals surface area contributed by atoms with Crippen LogP contribution in [0, 0.1) is 5.92 Å². The molecule has 0 spiro atoms. The molecule has 1 saturated carbocycles. The Bertz CT molecular complexity index is 516. The van der Waals surface area contributed by atoms with Crippen molar-refractivity contribution in [1.82, 2.24) is 5.32 Å². The van der Waals surface area contributed by atoms with E-state index in [-0.39, 0.29) is 24.1 Å². The normalized spacial score (nSPS) is 21.6. The number of amides is 1. The fraction of sp³-hybridized carbons (Fsp3) is 0.500. The Kier molecular flexibility index (Phi) is 5.20. The van der Waals surface area contributed by atoms with Gasteiger partial charge in [0.05, 0.1) is 5.56 Å². The SMILES string of the molecule is C[C@@H]1CCCC[C@H]1NC(=O)COC(=O)c1ccccc1N. The number of para-hydroxylation sites is 1. The number of carbonyl (C=O) groups is 2. The molecule has 1 aromatic carbocycles. The Morgan fingerprint density at radius 2 is 2.00 bits per heavy atom. The lowest BCUT2D eigenvalue weighted by molar-refractivity contribution is -0.125. The number of hydrogen-bond donors (Lipinski definition) is 2. The van der Waals surface area contributed by atoms with Crippen molar-refractivity contribution in [2.24, 2.45) is 5.92 Å². The predicted molar refractivity (Wildman–Crippen MR) is 80.7 cm³/mol. The third-order valence-corrected chi connectivity index (χ3v) is 3.97. The average Bonchev–Trinajstić information content (AvgIpc) is 2.48. The maximum absolute atomic E-state index is 11.9. The van der Waals surface area contributed by atoms with Crippen LogP contribution >= 0.6 is 0 Å². The molecule has 2 rings (SSSR count). The van der Waals surface area contributed by atoms with Crippen LogP contribution in [0.2, 0.25) is 0 Å². The van der Waals surface area contributed by atoms with Crippen molar-refractivity contribution in [1.29, 1.82) is 0 Å². The molecule has 21 heavy (non-hydrogen) atoms. The van der Waals surface area contributed by atoms with E-state index in [4.69, 9.17) is 10.5 Å². The van der Waals surface area contributed by atoms with Gasteiger partial charge in [-0.3, -0.25) is 4.79 Å². The van der Waals surface area contributed by atoms with Crippen LogP contribution in [0.1, 0.15) is 43.0 Å². The Balaban J connectivity index is 1.81. The summed E-state index contributed by atoms with van der Waals surface area (Å²) in [5.74, 6) is -0.347. The smallest absolute Gasteiger partial charge is 0.340 e. The van der Waals surface area contributed by atoms with Crippen molar-refractivity contribution in [3.8, 4) is 0 Å². The number of nitrogen functional groups attached to an aromatic ring is 1. The van der Waals surface area contributed by atoms with Crippen LogP contribution in [0.4, 0.5) is 5.69 Å². The van der Waals surface area contributed by atoms with Crippen LogP contribution in [0.25, 0.3) is 0 Å². The van der Waals surface area contributed by atoms with Crippen LogP contribution < -0.4 is 11.1 Å². The van der Waals surface area contributed by atoms with Crippen molar-refractivity contribution < 1.29 is 14.3 Å². The average molecular weight is 290 g/mol. The van der Waals surface area contributed by atoms with E-state index in [2.05, 4.69) is 12.2 Å². The standard InChI is InChI=1S/C16H22N2O3/c1-11-6-2-5-9-14(11)18-15(19)10-21-16(20)12-7-3-4-8-13(12)17/h3-4,7-8,11,14H,2,5-6,9-10,17H2,1H3,(H,18,19)/t11-,14-/m1/s1. The highest BCUT2D eigenvalue weighted by molar-refractivity contribution is 5.96. The first-order valence-electron chi connectivity index (χ1n) is 7.39. The summed E-state index contributed by atoms with van der Waals surface area (Å²) in [5, 5.41) is 2.94. The van der Waals surface area contributed by atoms with Gasteiger partial charge in [0, 0.05) is 11.7 Å². The fourth-order valence-electron chi connectivity index (χ4n) is 2.67. The van der Waals surface area contributed by atoms with Crippen molar-refractivity contribution in [3.63, 3.8) is 0 Å². The second-order valence-corrected chi connectivity index (χ2v) is 5.60. The molecule has 2 atom stereocenters. The third kappa shape index (κ3) is 4.21. The molecule has 0 aromatic heterocycles. The Hall–Kier alpha value is -2.04. The largest absolute Gasteiger partial charge is 0.452 e. The van der Waals surface area contributed by atoms with Gasteiger partial charge in [-0.25, -0.2) is 4.79 Å². The van der Waals surface area contributed by atoms with Gasteiger partial charge in [-0.15, -0.1) is 0 Å². The van der Waals surface area contributed by atoms with Gasteiger partial charge in [0.25, 0.3) is 5.91 Å². The molecule has 1 fully saturated rings. The van der Waals surface area contributed by atoms with E-state index in [1.54, 1.807) is 24.3 Å². The summed E-state index contributed by atoms with van der Waals surface area (Å²) in [5.41, 5.74) is 6.33. The van der Waals surface area contributed by atoms with Crippen LogP contribution in [-0.4, -0.2) is 24.5 Å². The molecule has 0 unspecified atom stereocenters. The van der Waals surface area contributed by atoms with E-state index in [1.165, 1.54) is 6.42 Å². The number of rotatable bonds is 4. The summed E-state index contributed by atoms with van der Waals surface area (Å²) >= 11 is 0. The van der Waals surface area contributed by atoms with E-state index in [0.717, 1.165) is 19.3 Å². The lowest BCUT2D eigenvalue weighted by Gasteiger charge is -2.29. The zero-order chi connectivity index (χ0) is 15.2. The van der Waals surface area contributed by atoms with Gasteiger partial charge in [0.2, 0.25) is 0 Å². The van der Waals surface area contributed by atoms with E-state index in [9.17, 15) is 9.59 Å². The maximum atomic E-state index is 11.9. The number of ether oxygens (including phenoxy) is 1. The van der Waals surface area contributed by atoms with Crippen molar-refractivity contribution in [3.05, 3.63) is 29.8 Å². The van der Waals surface area contributed by atoms with Gasteiger partial charge in [0.1, 0.15) is 0 Å². The minimum absolute atomic E-state index is 0.187. The highest BCUT2D eigenvalue weighted by atomic mass is 16.5. The molecule has 0 heterocycles. The molecular weight excluding hydrogens is 268 g/mol. The number of benzene rings is 1. The van der Waals surface area contributed by atoms with Crippen LogP contribution in [0.3, 0.4) is 0 Å². The third-order valence-electron chi connectivity index (χ3n) is 3.97. The quantitative estimate of drug-likeness (QED) is 0.657. The maximum Gasteiger partial charge on any atom is 0.340 e. The Morgan fingerprint density at radius 1 is 1.29 bits per heavy atom. The molecule has 0 bridgehead atoms. The van der Waals surface area contributed by atoms with E-state index >= 15 is 0 Å². The summed E-state index contributed by atoms with van der Waals surface area (Å²) in [6.07, 6.45) is 4.48. The van der Waals surface area contributed by atoms with Crippen molar-refractivity contribution >= 4 is 17.6 Å². The number of esters is 1. The molecule has 5 heteroatoms. The number of hydrogen-bond acceptors (Lipinski definition) is 4. The summed E-state index contributed by atoms with van der Waals surface area (Å²) in [6.45, 7) is 1.87. The molecule has 3 N–H and O–H groups in total. The topological polar surface area (TPSA) is 81.4 Å². The minimum atomic E-state index is -0.569. The first-order chi connectivity index (χ1) is 10.1. The fourth-order valence-corrected chi connectivity index (χ4v) is 2.67. The van der Waals surface area contributed by atoms with Crippen LogP contribution in [0.15, 0.2) is 24.3 Å². The number of anilines is 1. The molecule has 1 amide bonds. The zero-order valence-corrected chi connectivity index (χ0v) is 12.3. The van der Waals surface area contributed by atoms with Gasteiger partial charge in [0.15, 0.2) is 6.61 Å². The molecule has 5 nitrogen and oxygen atoms in total. The number of nitrogens with two attached hydrogens (primary N) is 1. The molecule has 0 aliphatic heterocycles. The molecule has 1 aliphatic carbocycles. The molecule has 1 aromatic rings. The first-order valence-corrected chi connectivity index (χ1v) is 7.39. The predicted octanol–water partition coefficient (Wildman–Crippen LogP) is 2.12. The molecular formula is C16H22N2O3. The lowest BCUT2D eigenvalue weighted by Crippen LogP contribution is -2.42. The van der Waals surface area contributed by atoms with E-state index in [1.807, 2.05) is 0 Å². The van der Waals surface area contributed by atoms with Crippen molar-refractivity contribution in [2.45, 2.75) is 38.6 Å². The minimum Gasteiger partial charge on any atom is -0.452 e. The van der Waals surface area contributed by atoms with Gasteiger partial charge in [-0.2, -0.15) is 0 Å². The van der Waals surface area contributed by atoms with Crippen LogP contribution in [0.5, 0.6) is 0 Å². The first kappa shape index (κ1) is 15.4. The Labute approximate surface area is 124 Å². The van der Waals surface area contributed by atoms with Gasteiger partial charge in [-0.05, 0) is 30.9 Å². The van der Waals surface area contributed by atoms with Crippen LogP contribution in [-0.2, 0) is 9.53 Å². The molecule has 0 radical (unpaired) electrons. The Morgan fingerprint density at radius 3 is 2.71 bits per heavy atom. The molecule has 0 saturated heterocycles. The highest BCUT2D eigenvalue weighted by Crippen LogP contribution is 2.23. The summed E-state index contributed by atoms with van der Waals surface area (Å²) < 4.78 is 5.02. The summed E-state index contributed by atoms with van der Waals surface area (Å²) in [4.78, 5) is 23.7. The summed E-state index contributed by atoms with van der Waals surface area (Å²) in [6, 6.07) is 6.84. The van der Waals surface area contributed by atoms with Crippen molar-refractivity contribution in [2.75, 3.05) is 12.3 Å². The molecule has 114 valence electrons. The van der Waals surface area contributed by atoms with Gasteiger partial charge in [-0.1, -0.05) is 31.9 Å².